The minimum absolute atomic E-state index is 0.503. The molecule has 0 saturated heterocycles. The van der Waals surface area contributed by atoms with E-state index in [1.54, 1.807) is 0 Å². The third-order valence-electron chi connectivity index (χ3n) is 3.30. The number of rotatable bonds is 2. The van der Waals surface area contributed by atoms with Gasteiger partial charge >= 0.3 is 0 Å². The highest BCUT2D eigenvalue weighted by Gasteiger charge is 2.16. The van der Waals surface area contributed by atoms with Crippen LogP contribution in [-0.2, 0) is 0 Å². The second kappa shape index (κ2) is 4.94. The van der Waals surface area contributed by atoms with Crippen LogP contribution in [0.5, 0.6) is 0 Å². The first-order chi connectivity index (χ1) is 8.83. The Balaban J connectivity index is 1.70. The Kier molecular flexibility index (Phi) is 3.15. The molecule has 0 aliphatic heterocycles. The number of thiocarbonyl (C=S) groups is 1. The Hall–Kier alpha value is -1.62. The first kappa shape index (κ1) is 11.5. The second-order valence-corrected chi connectivity index (χ2v) is 5.02. The molecule has 18 heavy (non-hydrogen) atoms. The minimum atomic E-state index is 0.503. The van der Waals surface area contributed by atoms with Gasteiger partial charge in [-0.1, -0.05) is 30.1 Å². The number of hydrogen-bond donors (Lipinski definition) is 2. The lowest BCUT2D eigenvalue weighted by molar-refractivity contribution is 0.460. The van der Waals surface area contributed by atoms with Crippen molar-refractivity contribution in [2.45, 2.75) is 31.7 Å². The lowest BCUT2D eigenvalue weighted by Crippen LogP contribution is -2.36. The van der Waals surface area contributed by atoms with E-state index in [1.165, 1.54) is 25.7 Å². The normalized spacial score (nSPS) is 16.0. The Morgan fingerprint density at radius 2 is 2.06 bits per heavy atom. The van der Waals surface area contributed by atoms with Crippen molar-refractivity contribution in [3.05, 3.63) is 24.3 Å². The molecule has 5 heteroatoms. The van der Waals surface area contributed by atoms with Crippen molar-refractivity contribution >= 4 is 34.1 Å². The number of anilines is 1. The molecule has 0 unspecified atom stereocenters. The number of nitrogens with one attached hydrogen (secondary N) is 2. The van der Waals surface area contributed by atoms with E-state index in [2.05, 4.69) is 15.8 Å². The fraction of sp³-hybridized carbons (Fsp3) is 0.385. The van der Waals surface area contributed by atoms with Gasteiger partial charge in [0.15, 0.2) is 16.5 Å². The molecule has 1 fully saturated rings. The first-order valence-electron chi connectivity index (χ1n) is 6.25. The summed E-state index contributed by atoms with van der Waals surface area (Å²) in [7, 11) is 0. The number of para-hydroxylation sites is 1. The Labute approximate surface area is 111 Å². The predicted octanol–water partition coefficient (Wildman–Crippen LogP) is 3.06. The molecule has 1 aromatic carbocycles. The van der Waals surface area contributed by atoms with Crippen molar-refractivity contribution in [1.29, 1.82) is 0 Å². The summed E-state index contributed by atoms with van der Waals surface area (Å²) < 4.78 is 5.22. The molecular formula is C13H15N3OS. The van der Waals surface area contributed by atoms with Gasteiger partial charge in [0.25, 0.3) is 0 Å². The molecule has 0 spiro atoms. The SMILES string of the molecule is S=C(Nc1noc2ccccc12)NC1CCCC1. The molecule has 3 rings (SSSR count). The zero-order valence-corrected chi connectivity index (χ0v) is 10.8. The number of fused-ring (bicyclic) bond motifs is 1. The van der Waals surface area contributed by atoms with Crippen LogP contribution >= 0.6 is 12.2 Å². The number of nitrogens with zero attached hydrogens (tertiary/aromatic N) is 1. The van der Waals surface area contributed by atoms with E-state index in [-0.39, 0.29) is 0 Å². The summed E-state index contributed by atoms with van der Waals surface area (Å²) in [6.07, 6.45) is 4.96. The monoisotopic (exact) mass is 261 g/mol. The molecule has 4 nitrogen and oxygen atoms in total. The van der Waals surface area contributed by atoms with Crippen LogP contribution in [0, 0.1) is 0 Å². The zero-order valence-electron chi connectivity index (χ0n) is 9.98. The highest BCUT2D eigenvalue weighted by Crippen LogP contribution is 2.22. The molecular weight excluding hydrogens is 246 g/mol. The molecule has 1 aliphatic rings. The molecule has 1 saturated carbocycles. The topological polar surface area (TPSA) is 50.1 Å². The maximum atomic E-state index is 5.30. The number of aromatic nitrogens is 1. The van der Waals surface area contributed by atoms with Gasteiger partial charge in [-0.05, 0) is 37.2 Å². The van der Waals surface area contributed by atoms with Crippen LogP contribution < -0.4 is 10.6 Å². The average molecular weight is 261 g/mol. The number of benzene rings is 1. The van der Waals surface area contributed by atoms with Gasteiger partial charge in [-0.3, -0.25) is 0 Å². The van der Waals surface area contributed by atoms with E-state index in [0.29, 0.717) is 17.0 Å². The van der Waals surface area contributed by atoms with E-state index in [4.69, 9.17) is 16.7 Å². The van der Waals surface area contributed by atoms with Crippen molar-refractivity contribution in [3.63, 3.8) is 0 Å². The standard InChI is InChI=1S/C13H15N3OS/c18-13(14-9-5-1-2-6-9)15-12-10-7-3-4-8-11(10)17-16-12/h3-4,7-9H,1-2,5-6H2,(H2,14,15,16,18). The number of hydrogen-bond acceptors (Lipinski definition) is 3. The van der Waals surface area contributed by atoms with Crippen molar-refractivity contribution in [1.82, 2.24) is 10.5 Å². The van der Waals surface area contributed by atoms with Crippen LogP contribution in [0.2, 0.25) is 0 Å². The highest BCUT2D eigenvalue weighted by atomic mass is 32.1. The minimum Gasteiger partial charge on any atom is -0.360 e. The van der Waals surface area contributed by atoms with Gasteiger partial charge < -0.3 is 15.2 Å². The van der Waals surface area contributed by atoms with Crippen LogP contribution in [0.3, 0.4) is 0 Å². The van der Waals surface area contributed by atoms with Gasteiger partial charge in [0.2, 0.25) is 0 Å². The zero-order chi connectivity index (χ0) is 12.4. The summed E-state index contributed by atoms with van der Waals surface area (Å²) in [5.74, 6) is 0.682. The molecule has 0 atom stereocenters. The van der Waals surface area contributed by atoms with E-state index in [0.717, 1.165) is 11.0 Å². The van der Waals surface area contributed by atoms with E-state index >= 15 is 0 Å². The van der Waals surface area contributed by atoms with Crippen LogP contribution in [-0.4, -0.2) is 16.3 Å². The quantitative estimate of drug-likeness (QED) is 0.814. The van der Waals surface area contributed by atoms with Crippen LogP contribution in [0.1, 0.15) is 25.7 Å². The molecule has 1 aliphatic carbocycles. The molecule has 1 aromatic heterocycles. The molecule has 2 N–H and O–H groups in total. The summed E-state index contributed by atoms with van der Waals surface area (Å²) in [6, 6.07) is 8.24. The van der Waals surface area contributed by atoms with Gasteiger partial charge in [-0.15, -0.1) is 0 Å². The summed E-state index contributed by atoms with van der Waals surface area (Å²) in [6.45, 7) is 0. The van der Waals surface area contributed by atoms with Crippen LogP contribution in [0.15, 0.2) is 28.8 Å². The fourth-order valence-electron chi connectivity index (χ4n) is 2.38. The molecule has 2 aromatic rings. The van der Waals surface area contributed by atoms with Gasteiger partial charge in [0.05, 0.1) is 5.39 Å². The van der Waals surface area contributed by atoms with Crippen molar-refractivity contribution in [2.24, 2.45) is 0 Å². The van der Waals surface area contributed by atoms with Crippen LogP contribution in [0.25, 0.3) is 11.0 Å². The Bertz CT molecular complexity index is 560. The predicted molar refractivity (Wildman–Crippen MR) is 75.6 cm³/mol. The van der Waals surface area contributed by atoms with Gasteiger partial charge in [-0.25, -0.2) is 0 Å². The van der Waals surface area contributed by atoms with Crippen molar-refractivity contribution in [3.8, 4) is 0 Å². The smallest absolute Gasteiger partial charge is 0.183 e. The first-order valence-corrected chi connectivity index (χ1v) is 6.66. The van der Waals surface area contributed by atoms with Crippen molar-refractivity contribution in [2.75, 3.05) is 5.32 Å². The lowest BCUT2D eigenvalue weighted by atomic mass is 10.2. The average Bonchev–Trinajstić information content (AvgIpc) is 3.00. The second-order valence-electron chi connectivity index (χ2n) is 4.61. The largest absolute Gasteiger partial charge is 0.360 e. The van der Waals surface area contributed by atoms with E-state index in [1.807, 2.05) is 24.3 Å². The molecule has 1 heterocycles. The summed E-state index contributed by atoms with van der Waals surface area (Å²) in [5.41, 5.74) is 0.767. The van der Waals surface area contributed by atoms with Crippen molar-refractivity contribution < 1.29 is 4.52 Å². The van der Waals surface area contributed by atoms with Gasteiger partial charge in [0.1, 0.15) is 0 Å². The highest BCUT2D eigenvalue weighted by molar-refractivity contribution is 7.80. The third-order valence-corrected chi connectivity index (χ3v) is 3.52. The van der Waals surface area contributed by atoms with Gasteiger partial charge in [0, 0.05) is 6.04 Å². The summed E-state index contributed by atoms with van der Waals surface area (Å²) in [5, 5.41) is 12.0. The maximum absolute atomic E-state index is 5.30. The van der Waals surface area contributed by atoms with Crippen LogP contribution in [0.4, 0.5) is 5.82 Å². The fourth-order valence-corrected chi connectivity index (χ4v) is 2.64. The molecule has 0 amide bonds. The molecule has 0 radical (unpaired) electrons. The van der Waals surface area contributed by atoms with E-state index < -0.39 is 0 Å². The Morgan fingerprint density at radius 3 is 2.89 bits per heavy atom. The molecule has 94 valence electrons. The molecule has 0 bridgehead atoms. The Morgan fingerprint density at radius 1 is 1.28 bits per heavy atom. The third kappa shape index (κ3) is 2.31. The summed E-state index contributed by atoms with van der Waals surface area (Å²) in [4.78, 5) is 0. The summed E-state index contributed by atoms with van der Waals surface area (Å²) >= 11 is 5.30. The lowest BCUT2D eigenvalue weighted by Gasteiger charge is -2.14. The van der Waals surface area contributed by atoms with E-state index in [9.17, 15) is 0 Å². The maximum Gasteiger partial charge on any atom is 0.183 e. The van der Waals surface area contributed by atoms with Gasteiger partial charge in [-0.2, -0.15) is 0 Å².